The normalized spacial score (nSPS) is 35.2. The van der Waals surface area contributed by atoms with E-state index >= 15 is 0 Å². The second-order valence-electron chi connectivity index (χ2n) is 4.72. The lowest BCUT2D eigenvalue weighted by Crippen LogP contribution is -2.46. The molecule has 0 aromatic heterocycles. The third-order valence-electron chi connectivity index (χ3n) is 3.18. The molecule has 4 heteroatoms. The number of rotatable bonds is 3. The third kappa shape index (κ3) is 2.67. The van der Waals surface area contributed by atoms with Gasteiger partial charge >= 0.3 is 0 Å². The van der Waals surface area contributed by atoms with E-state index in [4.69, 9.17) is 4.74 Å². The van der Waals surface area contributed by atoms with Crippen molar-refractivity contribution in [3.05, 3.63) is 0 Å². The molecule has 2 aliphatic rings. The minimum atomic E-state index is 0.468. The average molecular weight is 228 g/mol. The van der Waals surface area contributed by atoms with Crippen molar-refractivity contribution < 1.29 is 4.74 Å². The highest BCUT2D eigenvalue weighted by Gasteiger charge is 2.31. The Morgan fingerprint density at radius 3 is 2.73 bits per heavy atom. The first-order valence-corrected chi connectivity index (χ1v) is 6.57. The summed E-state index contributed by atoms with van der Waals surface area (Å²) in [5.41, 5.74) is 0. The van der Waals surface area contributed by atoms with Crippen LogP contribution in [0.25, 0.3) is 0 Å². The van der Waals surface area contributed by atoms with Gasteiger partial charge in [-0.3, -0.25) is 4.99 Å². The molecule has 2 rings (SSSR count). The third-order valence-corrected chi connectivity index (χ3v) is 4.64. The molecule has 1 N–H and O–H groups in total. The van der Waals surface area contributed by atoms with Crippen LogP contribution in [0.3, 0.4) is 0 Å². The highest BCUT2D eigenvalue weighted by atomic mass is 32.2. The van der Waals surface area contributed by atoms with Gasteiger partial charge in [-0.1, -0.05) is 25.6 Å². The smallest absolute Gasteiger partial charge is 0.157 e. The Morgan fingerprint density at radius 2 is 2.20 bits per heavy atom. The summed E-state index contributed by atoms with van der Waals surface area (Å²) < 4.78 is 5.25. The van der Waals surface area contributed by atoms with Crippen LogP contribution in [0.4, 0.5) is 0 Å². The van der Waals surface area contributed by atoms with E-state index in [1.165, 1.54) is 0 Å². The van der Waals surface area contributed by atoms with Gasteiger partial charge in [0.05, 0.1) is 12.6 Å². The summed E-state index contributed by atoms with van der Waals surface area (Å²) >= 11 is 1.90. The lowest BCUT2D eigenvalue weighted by molar-refractivity contribution is 0.0228. The number of nitrogens with one attached hydrogen (secondary N) is 1. The number of hydrogen-bond donors (Lipinski definition) is 1. The molecular weight excluding hydrogens is 208 g/mol. The van der Waals surface area contributed by atoms with Gasteiger partial charge in [0.25, 0.3) is 0 Å². The summed E-state index contributed by atoms with van der Waals surface area (Å²) in [6.07, 6.45) is 2.72. The molecule has 0 bridgehead atoms. The summed E-state index contributed by atoms with van der Waals surface area (Å²) in [6.45, 7) is 5.51. The first-order valence-electron chi connectivity index (χ1n) is 5.69. The van der Waals surface area contributed by atoms with Gasteiger partial charge in [-0.05, 0) is 18.8 Å². The maximum absolute atomic E-state index is 5.25. The summed E-state index contributed by atoms with van der Waals surface area (Å²) in [5, 5.41) is 5.32. The van der Waals surface area contributed by atoms with Crippen LogP contribution < -0.4 is 5.32 Å². The Kier molecular flexibility index (Phi) is 3.57. The quantitative estimate of drug-likeness (QED) is 0.801. The first-order chi connectivity index (χ1) is 7.19. The van der Waals surface area contributed by atoms with Crippen LogP contribution in [0, 0.1) is 5.92 Å². The minimum absolute atomic E-state index is 0.468. The van der Waals surface area contributed by atoms with E-state index in [9.17, 15) is 0 Å². The molecule has 1 unspecified atom stereocenters. The van der Waals surface area contributed by atoms with Crippen LogP contribution >= 0.6 is 11.8 Å². The Labute approximate surface area is 96.1 Å². The molecule has 86 valence electrons. The topological polar surface area (TPSA) is 33.6 Å². The summed E-state index contributed by atoms with van der Waals surface area (Å²) in [7, 11) is 1.79. The SMILES string of the molecule is COC1CC(NC2=NCC(C(C)C)S2)C1. The first kappa shape index (κ1) is 11.3. The Hall–Kier alpha value is -0.220. The lowest BCUT2D eigenvalue weighted by Gasteiger charge is -2.35. The van der Waals surface area contributed by atoms with E-state index < -0.39 is 0 Å². The highest BCUT2D eigenvalue weighted by molar-refractivity contribution is 8.14. The molecule has 15 heavy (non-hydrogen) atoms. The van der Waals surface area contributed by atoms with Crippen molar-refractivity contribution in [1.29, 1.82) is 0 Å². The average Bonchev–Trinajstić information content (AvgIpc) is 2.58. The van der Waals surface area contributed by atoms with E-state index in [2.05, 4.69) is 24.2 Å². The summed E-state index contributed by atoms with van der Waals surface area (Å²) in [6, 6.07) is 0.590. The van der Waals surface area contributed by atoms with Crippen molar-refractivity contribution >= 4 is 16.9 Å². The molecule has 0 aromatic rings. The van der Waals surface area contributed by atoms with Crippen LogP contribution in [-0.2, 0) is 4.74 Å². The number of amidine groups is 1. The fourth-order valence-electron chi connectivity index (χ4n) is 1.87. The zero-order chi connectivity index (χ0) is 10.8. The molecule has 1 atom stereocenters. The Bertz CT molecular complexity index is 249. The van der Waals surface area contributed by atoms with Crippen LogP contribution in [-0.4, -0.2) is 36.2 Å². The van der Waals surface area contributed by atoms with Gasteiger partial charge in [0.15, 0.2) is 5.17 Å². The highest BCUT2D eigenvalue weighted by Crippen LogP contribution is 2.29. The maximum atomic E-state index is 5.25. The Balaban J connectivity index is 1.70. The van der Waals surface area contributed by atoms with Crippen molar-refractivity contribution in [3.63, 3.8) is 0 Å². The van der Waals surface area contributed by atoms with Crippen molar-refractivity contribution in [3.8, 4) is 0 Å². The summed E-state index contributed by atoms with van der Waals surface area (Å²) in [5.74, 6) is 0.714. The molecule has 1 fully saturated rings. The van der Waals surface area contributed by atoms with Gasteiger partial charge in [-0.2, -0.15) is 0 Å². The number of thioether (sulfide) groups is 1. The molecular formula is C11H20N2OS. The van der Waals surface area contributed by atoms with E-state index in [0.29, 0.717) is 23.3 Å². The van der Waals surface area contributed by atoms with Crippen molar-refractivity contribution in [2.24, 2.45) is 10.9 Å². The van der Waals surface area contributed by atoms with Gasteiger partial charge in [0.1, 0.15) is 0 Å². The van der Waals surface area contributed by atoms with Crippen LogP contribution in [0.15, 0.2) is 4.99 Å². The number of methoxy groups -OCH3 is 1. The van der Waals surface area contributed by atoms with Crippen LogP contribution in [0.1, 0.15) is 26.7 Å². The summed E-state index contributed by atoms with van der Waals surface area (Å²) in [4.78, 5) is 4.54. The fourth-order valence-corrected chi connectivity index (χ4v) is 2.96. The van der Waals surface area contributed by atoms with Crippen molar-refractivity contribution in [2.75, 3.05) is 13.7 Å². The van der Waals surface area contributed by atoms with Crippen LogP contribution in [0.2, 0.25) is 0 Å². The Morgan fingerprint density at radius 1 is 1.47 bits per heavy atom. The lowest BCUT2D eigenvalue weighted by atomic mass is 9.89. The van der Waals surface area contributed by atoms with Gasteiger partial charge in [0.2, 0.25) is 0 Å². The van der Waals surface area contributed by atoms with E-state index in [0.717, 1.165) is 24.6 Å². The predicted molar refractivity (Wildman–Crippen MR) is 65.5 cm³/mol. The van der Waals surface area contributed by atoms with E-state index in [1.807, 2.05) is 11.8 Å². The molecule has 0 amide bonds. The van der Waals surface area contributed by atoms with Gasteiger partial charge in [-0.25, -0.2) is 0 Å². The molecule has 3 nitrogen and oxygen atoms in total. The fraction of sp³-hybridized carbons (Fsp3) is 0.909. The maximum Gasteiger partial charge on any atom is 0.157 e. The zero-order valence-corrected chi connectivity index (χ0v) is 10.5. The standard InChI is InChI=1S/C11H20N2OS/c1-7(2)10-6-12-11(15-10)13-8-4-9(5-8)14-3/h7-10H,4-6H2,1-3H3,(H,12,13). The second-order valence-corrected chi connectivity index (χ2v) is 5.94. The van der Waals surface area contributed by atoms with Gasteiger partial charge in [0, 0.05) is 18.4 Å². The van der Waals surface area contributed by atoms with E-state index in [1.54, 1.807) is 7.11 Å². The largest absolute Gasteiger partial charge is 0.381 e. The molecule has 0 spiro atoms. The molecule has 1 heterocycles. The number of nitrogens with zero attached hydrogens (tertiary/aromatic N) is 1. The molecule has 0 aromatic carbocycles. The van der Waals surface area contributed by atoms with Gasteiger partial charge in [-0.15, -0.1) is 0 Å². The molecule has 1 aliphatic heterocycles. The van der Waals surface area contributed by atoms with Gasteiger partial charge < -0.3 is 10.1 Å². The van der Waals surface area contributed by atoms with E-state index in [-0.39, 0.29) is 0 Å². The monoisotopic (exact) mass is 228 g/mol. The molecule has 0 saturated heterocycles. The molecule has 0 radical (unpaired) electrons. The molecule has 1 aliphatic carbocycles. The minimum Gasteiger partial charge on any atom is -0.381 e. The predicted octanol–water partition coefficient (Wildman–Crippen LogP) is 1.88. The molecule has 1 saturated carbocycles. The second kappa shape index (κ2) is 4.74. The number of aliphatic imine (C=N–C) groups is 1. The zero-order valence-electron chi connectivity index (χ0n) is 9.69. The number of hydrogen-bond acceptors (Lipinski definition) is 4. The van der Waals surface area contributed by atoms with Crippen molar-refractivity contribution in [2.45, 2.75) is 44.1 Å². The van der Waals surface area contributed by atoms with Crippen LogP contribution in [0.5, 0.6) is 0 Å². The number of ether oxygens (including phenoxy) is 1. The van der Waals surface area contributed by atoms with Crippen molar-refractivity contribution in [1.82, 2.24) is 5.32 Å².